The number of rotatable bonds is 6. The number of piperazine rings is 1. The number of piperidine rings is 2. The second kappa shape index (κ2) is 13.7. The van der Waals surface area contributed by atoms with Crippen LogP contribution in [0.1, 0.15) is 42.4 Å². The third kappa shape index (κ3) is 7.19. The number of anilines is 2. The number of urea groups is 2. The summed E-state index contributed by atoms with van der Waals surface area (Å²) >= 11 is 8.00. The number of fused-ring (bicyclic) bond motifs is 1. The lowest BCUT2D eigenvalue weighted by Gasteiger charge is -2.43. The number of benzene rings is 1. The van der Waals surface area contributed by atoms with Crippen molar-refractivity contribution in [2.75, 3.05) is 70.5 Å². The van der Waals surface area contributed by atoms with E-state index in [0.29, 0.717) is 68.7 Å². The molecule has 244 valence electrons. The van der Waals surface area contributed by atoms with Crippen molar-refractivity contribution in [1.82, 2.24) is 29.8 Å². The highest BCUT2D eigenvalue weighted by atomic mass is 35.5. The molecular formula is C32H45ClN8O3S. The number of nitrogen functional groups attached to an aromatic ring is 1. The van der Waals surface area contributed by atoms with Crippen LogP contribution in [0.3, 0.4) is 0 Å². The fourth-order valence-corrected chi connectivity index (χ4v) is 8.25. The summed E-state index contributed by atoms with van der Waals surface area (Å²) in [7, 11) is 2.17. The van der Waals surface area contributed by atoms with Crippen LogP contribution in [0.5, 0.6) is 0 Å². The fraction of sp³-hybridized carbons (Fsp3) is 0.594. The summed E-state index contributed by atoms with van der Waals surface area (Å²) in [6.07, 6.45) is 4.02. The van der Waals surface area contributed by atoms with E-state index in [0.717, 1.165) is 61.4 Å². The molecule has 1 aromatic carbocycles. The van der Waals surface area contributed by atoms with E-state index in [1.54, 1.807) is 22.3 Å². The Kier molecular flexibility index (Phi) is 9.74. The predicted octanol–water partition coefficient (Wildman–Crippen LogP) is 3.66. The molecule has 0 aliphatic carbocycles. The monoisotopic (exact) mass is 656 g/mol. The van der Waals surface area contributed by atoms with Gasteiger partial charge >= 0.3 is 12.1 Å². The average Bonchev–Trinajstić information content (AvgIpc) is 3.50. The Morgan fingerprint density at radius 1 is 1.00 bits per heavy atom. The molecule has 0 radical (unpaired) electrons. The number of amides is 5. The van der Waals surface area contributed by atoms with E-state index in [1.165, 1.54) is 0 Å². The van der Waals surface area contributed by atoms with Gasteiger partial charge < -0.3 is 36.0 Å². The van der Waals surface area contributed by atoms with Gasteiger partial charge in [-0.1, -0.05) is 17.7 Å². The van der Waals surface area contributed by atoms with Crippen molar-refractivity contribution in [3.63, 3.8) is 0 Å². The van der Waals surface area contributed by atoms with E-state index in [-0.39, 0.29) is 24.0 Å². The van der Waals surface area contributed by atoms with Crippen LogP contribution < -0.4 is 16.4 Å². The molecule has 5 heterocycles. The molecule has 3 fully saturated rings. The Bertz CT molecular complexity index is 1370. The van der Waals surface area contributed by atoms with Gasteiger partial charge in [-0.15, -0.1) is 11.3 Å². The van der Waals surface area contributed by atoms with Crippen LogP contribution in [0.25, 0.3) is 0 Å². The standard InChI is InChI=1S/C32H45ClN8O3S/c1-21-15-22(16-26(33)29(21)34)17-27(30(42)39-13-11-38(12-14-39)24-3-7-37(2)8-4-24)35-31(43)40-9-5-25(6-10-40)41-18-23-19-45-20-28(23)36-32(41)44/h15-16,19-20,24-25,27H,3-14,17-18,34H2,1-2H3,(H,35,43)(H,36,44)/t27-/m1/s1. The number of aryl methyl sites for hydroxylation is 1. The van der Waals surface area contributed by atoms with Gasteiger partial charge in [0.1, 0.15) is 6.04 Å². The maximum absolute atomic E-state index is 14.0. The zero-order chi connectivity index (χ0) is 31.7. The largest absolute Gasteiger partial charge is 0.397 e. The maximum atomic E-state index is 14.0. The number of nitrogens with two attached hydrogens (primary N) is 1. The van der Waals surface area contributed by atoms with Gasteiger partial charge in [0.15, 0.2) is 0 Å². The molecule has 11 nitrogen and oxygen atoms in total. The van der Waals surface area contributed by atoms with E-state index in [1.807, 2.05) is 28.2 Å². The molecule has 4 N–H and O–H groups in total. The second-order valence-electron chi connectivity index (χ2n) is 13.0. The molecule has 0 spiro atoms. The van der Waals surface area contributed by atoms with Gasteiger partial charge in [0.05, 0.1) is 22.9 Å². The van der Waals surface area contributed by atoms with Crippen LogP contribution in [-0.2, 0) is 17.8 Å². The normalized spacial score (nSPS) is 21.4. The second-order valence-corrected chi connectivity index (χ2v) is 14.1. The Balaban J connectivity index is 1.09. The highest BCUT2D eigenvalue weighted by molar-refractivity contribution is 7.08. The average molecular weight is 657 g/mol. The summed E-state index contributed by atoms with van der Waals surface area (Å²) < 4.78 is 0. The molecule has 4 aliphatic rings. The highest BCUT2D eigenvalue weighted by Crippen LogP contribution is 2.30. The van der Waals surface area contributed by atoms with Gasteiger partial charge in [0, 0.05) is 68.7 Å². The van der Waals surface area contributed by atoms with E-state index >= 15 is 0 Å². The van der Waals surface area contributed by atoms with Crippen molar-refractivity contribution < 1.29 is 14.4 Å². The van der Waals surface area contributed by atoms with Crippen LogP contribution in [0.15, 0.2) is 22.9 Å². The third-order valence-corrected chi connectivity index (χ3v) is 11.1. The molecule has 45 heavy (non-hydrogen) atoms. The first-order valence-corrected chi connectivity index (χ1v) is 17.4. The van der Waals surface area contributed by atoms with Gasteiger partial charge in [0.2, 0.25) is 5.91 Å². The van der Waals surface area contributed by atoms with Crippen LogP contribution in [0.4, 0.5) is 21.0 Å². The van der Waals surface area contributed by atoms with Gasteiger partial charge in [-0.2, -0.15) is 0 Å². The van der Waals surface area contributed by atoms with Crippen LogP contribution >= 0.6 is 22.9 Å². The molecule has 2 aromatic rings. The van der Waals surface area contributed by atoms with Crippen molar-refractivity contribution in [3.8, 4) is 0 Å². The van der Waals surface area contributed by atoms with E-state index in [4.69, 9.17) is 17.3 Å². The molecule has 4 aliphatic heterocycles. The number of carbonyl (C=O) groups is 3. The molecule has 6 rings (SSSR count). The molecule has 0 bridgehead atoms. The lowest BCUT2D eigenvalue weighted by atomic mass is 10.00. The first-order valence-electron chi connectivity index (χ1n) is 16.1. The fourth-order valence-electron chi connectivity index (χ4n) is 7.18. The molecule has 5 amide bonds. The Morgan fingerprint density at radius 3 is 2.38 bits per heavy atom. The Labute approximate surface area is 274 Å². The zero-order valence-electron chi connectivity index (χ0n) is 26.3. The number of thiophene rings is 1. The zero-order valence-corrected chi connectivity index (χ0v) is 27.8. The summed E-state index contributed by atoms with van der Waals surface area (Å²) in [4.78, 5) is 50.9. The number of nitrogens with one attached hydrogen (secondary N) is 2. The summed E-state index contributed by atoms with van der Waals surface area (Å²) in [5.41, 5.74) is 10.4. The minimum atomic E-state index is -0.728. The number of likely N-dealkylation sites (tertiary alicyclic amines) is 2. The van der Waals surface area contributed by atoms with Gasteiger partial charge in [0.25, 0.3) is 0 Å². The molecule has 3 saturated heterocycles. The minimum Gasteiger partial charge on any atom is -0.397 e. The predicted molar refractivity (Wildman–Crippen MR) is 179 cm³/mol. The third-order valence-electron chi connectivity index (χ3n) is 10.0. The minimum absolute atomic E-state index is 0.0558. The molecule has 0 saturated carbocycles. The highest BCUT2D eigenvalue weighted by Gasteiger charge is 2.36. The lowest BCUT2D eigenvalue weighted by molar-refractivity contribution is -0.135. The SMILES string of the molecule is Cc1cc(C[C@@H](NC(=O)N2CCC(N3Cc4cscc4NC3=O)CC2)C(=O)N2CCN(C3CCN(C)CC3)CC2)cc(Cl)c1N. The first-order chi connectivity index (χ1) is 21.7. The molecular weight excluding hydrogens is 612 g/mol. The van der Waals surface area contributed by atoms with E-state index in [2.05, 4.69) is 32.9 Å². The molecule has 13 heteroatoms. The van der Waals surface area contributed by atoms with Crippen molar-refractivity contribution in [2.45, 2.75) is 63.7 Å². The number of nitrogens with zero attached hydrogens (tertiary/aromatic N) is 5. The number of halogens is 1. The Morgan fingerprint density at radius 2 is 1.69 bits per heavy atom. The number of hydrogen-bond acceptors (Lipinski definition) is 7. The van der Waals surface area contributed by atoms with E-state index in [9.17, 15) is 14.4 Å². The smallest absolute Gasteiger partial charge is 0.322 e. The van der Waals surface area contributed by atoms with Gasteiger partial charge in [-0.25, -0.2) is 9.59 Å². The summed E-state index contributed by atoms with van der Waals surface area (Å²) in [6.45, 7) is 8.72. The molecule has 1 atom stereocenters. The molecule has 1 aromatic heterocycles. The summed E-state index contributed by atoms with van der Waals surface area (Å²) in [6, 6.07) is 3.30. The van der Waals surface area contributed by atoms with Crippen LogP contribution in [0, 0.1) is 6.92 Å². The van der Waals surface area contributed by atoms with Gasteiger partial charge in [-0.3, -0.25) is 9.69 Å². The van der Waals surface area contributed by atoms with Gasteiger partial charge in [-0.05, 0) is 75.3 Å². The maximum Gasteiger partial charge on any atom is 0.322 e. The van der Waals surface area contributed by atoms with Crippen LogP contribution in [-0.4, -0.2) is 120 Å². The lowest BCUT2D eigenvalue weighted by Crippen LogP contribution is -2.59. The molecule has 0 unspecified atom stereocenters. The quantitative estimate of drug-likeness (QED) is 0.409. The summed E-state index contributed by atoms with van der Waals surface area (Å²) in [5, 5.41) is 10.6. The van der Waals surface area contributed by atoms with Crippen LogP contribution in [0.2, 0.25) is 5.02 Å². The topological polar surface area (TPSA) is 117 Å². The van der Waals surface area contributed by atoms with Crippen molar-refractivity contribution in [1.29, 1.82) is 0 Å². The number of hydrogen-bond donors (Lipinski definition) is 3. The van der Waals surface area contributed by atoms with E-state index < -0.39 is 6.04 Å². The van der Waals surface area contributed by atoms with Crippen molar-refractivity contribution in [3.05, 3.63) is 44.6 Å². The first kappa shape index (κ1) is 31.9. The summed E-state index contributed by atoms with van der Waals surface area (Å²) in [5.74, 6) is -0.0663. The van der Waals surface area contributed by atoms with Crippen molar-refractivity contribution in [2.24, 2.45) is 0 Å². The number of carbonyl (C=O) groups excluding carboxylic acids is 3. The van der Waals surface area contributed by atoms with Crippen molar-refractivity contribution >= 4 is 52.3 Å². The Hall–Kier alpha value is -3.06.